The van der Waals surface area contributed by atoms with E-state index in [9.17, 15) is 22.4 Å². The summed E-state index contributed by atoms with van der Waals surface area (Å²) < 4.78 is 39.2. The van der Waals surface area contributed by atoms with E-state index in [2.05, 4.69) is 5.32 Å². The van der Waals surface area contributed by atoms with Crippen molar-refractivity contribution in [2.24, 2.45) is 0 Å². The van der Waals surface area contributed by atoms with Gasteiger partial charge < -0.3 is 10.2 Å². The van der Waals surface area contributed by atoms with Crippen molar-refractivity contribution < 1.29 is 22.4 Å². The molecule has 2 amide bonds. The summed E-state index contributed by atoms with van der Waals surface area (Å²) in [5, 5.41) is 3.66. The lowest BCUT2D eigenvalue weighted by Crippen LogP contribution is -2.50. The van der Waals surface area contributed by atoms with Gasteiger partial charge in [-0.2, -0.15) is 0 Å². The molecule has 1 N–H and O–H groups in total. The summed E-state index contributed by atoms with van der Waals surface area (Å²) in [4.78, 5) is 28.0. The van der Waals surface area contributed by atoms with Crippen LogP contribution in [-0.2, 0) is 26.2 Å². The van der Waals surface area contributed by atoms with Gasteiger partial charge >= 0.3 is 0 Å². The Hall–Kier alpha value is -2.36. The highest BCUT2D eigenvalue weighted by Gasteiger charge is 2.29. The van der Waals surface area contributed by atoms with Crippen LogP contribution in [-0.4, -0.2) is 50.0 Å². The molecule has 0 aliphatic heterocycles. The van der Waals surface area contributed by atoms with Gasteiger partial charge in [-0.15, -0.1) is 0 Å². The molecule has 2 unspecified atom stereocenters. The first-order valence-electron chi connectivity index (χ1n) is 12.1. The van der Waals surface area contributed by atoms with Crippen molar-refractivity contribution in [2.75, 3.05) is 17.1 Å². The molecule has 0 spiro atoms. The van der Waals surface area contributed by atoms with Gasteiger partial charge in [-0.1, -0.05) is 43.1 Å². The van der Waals surface area contributed by atoms with Crippen molar-refractivity contribution in [1.82, 2.24) is 10.2 Å². The Labute approximate surface area is 229 Å². The number of nitrogens with one attached hydrogen (secondary N) is 1. The first-order valence-corrected chi connectivity index (χ1v) is 14.7. The first kappa shape index (κ1) is 30.9. The summed E-state index contributed by atoms with van der Waals surface area (Å²) >= 11 is 12.2. The normalized spacial score (nSPS) is 13.1. The molecule has 0 radical (unpaired) electrons. The molecule has 0 saturated carbocycles. The molecule has 204 valence electrons. The van der Waals surface area contributed by atoms with E-state index in [4.69, 9.17) is 23.2 Å². The van der Waals surface area contributed by atoms with Crippen molar-refractivity contribution in [3.05, 3.63) is 63.9 Å². The molecule has 0 aliphatic rings. The van der Waals surface area contributed by atoms with E-state index in [0.29, 0.717) is 27.7 Å². The minimum Gasteiger partial charge on any atom is -0.352 e. The van der Waals surface area contributed by atoms with Crippen LogP contribution in [0.25, 0.3) is 0 Å². The summed E-state index contributed by atoms with van der Waals surface area (Å²) in [5.41, 5.74) is 1.02. The van der Waals surface area contributed by atoms with Crippen LogP contribution in [0.5, 0.6) is 0 Å². The summed E-state index contributed by atoms with van der Waals surface area (Å²) in [6.45, 7) is 5.84. The van der Waals surface area contributed by atoms with E-state index in [1.807, 2.05) is 20.8 Å². The topological polar surface area (TPSA) is 86.8 Å². The lowest BCUT2D eigenvalue weighted by Gasteiger charge is -2.32. The summed E-state index contributed by atoms with van der Waals surface area (Å²) in [6.07, 6.45) is 2.39. The maximum absolute atomic E-state index is 13.4. The van der Waals surface area contributed by atoms with E-state index >= 15 is 0 Å². The maximum atomic E-state index is 13.4. The van der Waals surface area contributed by atoms with Crippen molar-refractivity contribution in [3.8, 4) is 0 Å². The molecule has 0 fully saturated rings. The number of sulfonamides is 1. The summed E-state index contributed by atoms with van der Waals surface area (Å²) in [7, 11) is -3.66. The largest absolute Gasteiger partial charge is 0.352 e. The van der Waals surface area contributed by atoms with Crippen LogP contribution in [0.2, 0.25) is 10.0 Å². The third kappa shape index (κ3) is 9.16. The number of hydrogen-bond donors (Lipinski definition) is 1. The molecule has 0 saturated heterocycles. The molecule has 2 rings (SSSR count). The van der Waals surface area contributed by atoms with Gasteiger partial charge in [0.2, 0.25) is 21.8 Å². The highest BCUT2D eigenvalue weighted by Crippen LogP contribution is 2.25. The molecule has 0 aromatic heterocycles. The van der Waals surface area contributed by atoms with Gasteiger partial charge in [0.15, 0.2) is 0 Å². The highest BCUT2D eigenvalue weighted by molar-refractivity contribution is 7.92. The molecule has 37 heavy (non-hydrogen) atoms. The van der Waals surface area contributed by atoms with Crippen molar-refractivity contribution in [1.29, 1.82) is 0 Å². The number of halogens is 3. The molecular formula is C26H34Cl2FN3O4S. The minimum absolute atomic E-state index is 0.00163. The lowest BCUT2D eigenvalue weighted by molar-refractivity contribution is -0.141. The van der Waals surface area contributed by atoms with Crippen LogP contribution in [0.15, 0.2) is 42.5 Å². The van der Waals surface area contributed by atoms with Gasteiger partial charge in [-0.25, -0.2) is 12.8 Å². The Bertz CT molecular complexity index is 1180. The summed E-state index contributed by atoms with van der Waals surface area (Å²) in [5.74, 6) is -1.04. The third-order valence-corrected chi connectivity index (χ3v) is 7.92. The fraction of sp³-hybridized carbons (Fsp3) is 0.462. The van der Waals surface area contributed by atoms with E-state index in [0.717, 1.165) is 17.0 Å². The van der Waals surface area contributed by atoms with Gasteiger partial charge in [0.1, 0.15) is 11.9 Å². The van der Waals surface area contributed by atoms with Crippen LogP contribution in [0.1, 0.15) is 52.0 Å². The Balaban J connectivity index is 2.24. The molecule has 2 atom stereocenters. The second-order valence-electron chi connectivity index (χ2n) is 8.93. The highest BCUT2D eigenvalue weighted by atomic mass is 35.5. The van der Waals surface area contributed by atoms with E-state index in [-0.39, 0.29) is 43.8 Å². The van der Waals surface area contributed by atoms with Gasteiger partial charge in [0, 0.05) is 25.6 Å². The number of amides is 2. The van der Waals surface area contributed by atoms with Crippen molar-refractivity contribution >= 4 is 50.7 Å². The quantitative estimate of drug-likeness (QED) is 0.347. The Morgan fingerprint density at radius 2 is 1.68 bits per heavy atom. The molecule has 7 nitrogen and oxygen atoms in total. The molecule has 2 aromatic rings. The van der Waals surface area contributed by atoms with Crippen LogP contribution in [0.3, 0.4) is 0 Å². The zero-order valence-corrected chi connectivity index (χ0v) is 23.8. The van der Waals surface area contributed by atoms with E-state index in [1.165, 1.54) is 29.2 Å². The number of nitrogens with zero attached hydrogens (tertiary/aromatic N) is 2. The van der Waals surface area contributed by atoms with Gasteiger partial charge in [-0.3, -0.25) is 13.9 Å². The number of rotatable bonds is 13. The molecule has 0 aliphatic carbocycles. The Kier molecular flexibility index (Phi) is 11.7. The second kappa shape index (κ2) is 14.0. The van der Waals surface area contributed by atoms with Crippen LogP contribution in [0, 0.1) is 5.82 Å². The molecule has 0 heterocycles. The number of hydrogen-bond acceptors (Lipinski definition) is 4. The number of benzene rings is 2. The zero-order chi connectivity index (χ0) is 27.8. The lowest BCUT2D eigenvalue weighted by atomic mass is 10.1. The van der Waals surface area contributed by atoms with Crippen molar-refractivity contribution in [3.63, 3.8) is 0 Å². The second-order valence-corrected chi connectivity index (χ2v) is 11.6. The Morgan fingerprint density at radius 1 is 1.03 bits per heavy atom. The fourth-order valence-electron chi connectivity index (χ4n) is 3.81. The van der Waals surface area contributed by atoms with Crippen LogP contribution >= 0.6 is 23.2 Å². The van der Waals surface area contributed by atoms with Gasteiger partial charge in [0.25, 0.3) is 0 Å². The number of anilines is 1. The van der Waals surface area contributed by atoms with Gasteiger partial charge in [-0.05, 0) is 68.1 Å². The van der Waals surface area contributed by atoms with Crippen molar-refractivity contribution in [2.45, 2.75) is 65.1 Å². The van der Waals surface area contributed by atoms with Crippen LogP contribution < -0.4 is 9.62 Å². The standard InChI is InChI=1S/C26H34Cl2FN3O4S/c1-5-18(3)30-26(34)24(6-2)31(17-19-9-14-22(27)23(28)16-19)25(33)8-7-15-32(37(4,35)36)21-12-10-20(29)11-13-21/h9-14,16,18,24H,5-8,15,17H2,1-4H3,(H,30,34). The molecule has 2 aromatic carbocycles. The Morgan fingerprint density at radius 3 is 2.22 bits per heavy atom. The van der Waals surface area contributed by atoms with E-state index < -0.39 is 21.9 Å². The molecule has 11 heteroatoms. The average molecular weight is 575 g/mol. The number of carbonyl (C=O) groups is 2. The monoisotopic (exact) mass is 573 g/mol. The average Bonchev–Trinajstić information content (AvgIpc) is 2.83. The zero-order valence-electron chi connectivity index (χ0n) is 21.5. The number of carbonyl (C=O) groups excluding carboxylic acids is 2. The third-order valence-electron chi connectivity index (χ3n) is 5.99. The first-order chi connectivity index (χ1) is 17.4. The predicted octanol–water partition coefficient (Wildman–Crippen LogP) is 5.40. The molecule has 0 bridgehead atoms. The fourth-order valence-corrected chi connectivity index (χ4v) is 5.09. The SMILES string of the molecule is CCC(C)NC(=O)C(CC)N(Cc1ccc(Cl)c(Cl)c1)C(=O)CCCN(c1ccc(F)cc1)S(C)(=O)=O. The predicted molar refractivity (Wildman–Crippen MR) is 147 cm³/mol. The van der Waals surface area contributed by atoms with Crippen LogP contribution in [0.4, 0.5) is 10.1 Å². The molecular weight excluding hydrogens is 540 g/mol. The summed E-state index contributed by atoms with van der Waals surface area (Å²) in [6, 6.07) is 9.37. The minimum atomic E-state index is -3.66. The maximum Gasteiger partial charge on any atom is 0.243 e. The smallest absolute Gasteiger partial charge is 0.243 e. The van der Waals surface area contributed by atoms with E-state index in [1.54, 1.807) is 18.2 Å². The van der Waals surface area contributed by atoms with Gasteiger partial charge in [0.05, 0.1) is 22.0 Å².